The number of carbonyl (C=O) groups excluding carboxylic acids is 1. The highest BCUT2D eigenvalue weighted by Gasteiger charge is 2.35. The molecule has 0 saturated carbocycles. The van der Waals surface area contributed by atoms with Crippen LogP contribution >= 0.6 is 0 Å². The van der Waals surface area contributed by atoms with E-state index in [1.165, 1.54) is 0 Å². The third kappa shape index (κ3) is 4.40. The number of fused-ring (bicyclic) bond motifs is 1. The molecule has 1 atom stereocenters. The van der Waals surface area contributed by atoms with Gasteiger partial charge in [-0.3, -0.25) is 9.69 Å². The van der Waals surface area contributed by atoms with Gasteiger partial charge in [0, 0.05) is 12.8 Å². The molecule has 1 N–H and O–H groups in total. The molecule has 0 aliphatic carbocycles. The molecule has 3 aromatic carbocycles. The Bertz CT molecular complexity index is 1040. The molecule has 1 aliphatic rings. The third-order valence-corrected chi connectivity index (χ3v) is 5.27. The monoisotopic (exact) mass is 418 g/mol. The van der Waals surface area contributed by atoms with Crippen molar-refractivity contribution in [1.82, 2.24) is 0 Å². The summed E-state index contributed by atoms with van der Waals surface area (Å²) in [7, 11) is 3.27. The second kappa shape index (κ2) is 9.64. The van der Waals surface area contributed by atoms with Gasteiger partial charge >= 0.3 is 0 Å². The van der Waals surface area contributed by atoms with Gasteiger partial charge in [0.25, 0.3) is 5.91 Å². The van der Waals surface area contributed by atoms with E-state index in [2.05, 4.69) is 5.32 Å². The maximum absolute atomic E-state index is 13.5. The normalized spacial score (nSPS) is 15.4. The van der Waals surface area contributed by atoms with Crippen molar-refractivity contribution >= 4 is 17.3 Å². The number of anilines is 2. The number of methoxy groups -OCH3 is 2. The summed E-state index contributed by atoms with van der Waals surface area (Å²) in [4.78, 5) is 15.3. The van der Waals surface area contributed by atoms with Gasteiger partial charge in [0.15, 0.2) is 0 Å². The van der Waals surface area contributed by atoms with Crippen molar-refractivity contribution in [3.63, 3.8) is 0 Å². The Kier molecular flexibility index (Phi) is 6.50. The van der Waals surface area contributed by atoms with Gasteiger partial charge in [0.05, 0.1) is 38.2 Å². The second-order valence-corrected chi connectivity index (χ2v) is 7.23. The molecule has 1 aliphatic heterocycles. The Balaban J connectivity index is 1.68. The summed E-state index contributed by atoms with van der Waals surface area (Å²) in [5.41, 5.74) is 4.19. The lowest BCUT2D eigenvalue weighted by Crippen LogP contribution is -2.43. The molecule has 0 fully saturated rings. The number of hydrogen-bond acceptors (Lipinski definition) is 5. The van der Waals surface area contributed by atoms with E-state index in [0.29, 0.717) is 36.8 Å². The molecule has 6 nitrogen and oxygen atoms in total. The first kappa shape index (κ1) is 20.9. The topological polar surface area (TPSA) is 60.0 Å². The first-order valence-corrected chi connectivity index (χ1v) is 10.2. The lowest BCUT2D eigenvalue weighted by molar-refractivity contribution is 0.0616. The van der Waals surface area contributed by atoms with Gasteiger partial charge in [-0.2, -0.15) is 0 Å². The van der Waals surface area contributed by atoms with Crippen LogP contribution in [0.5, 0.6) is 5.75 Å². The molecular formula is C25H26N2O4. The lowest BCUT2D eigenvalue weighted by atomic mass is 10.0. The van der Waals surface area contributed by atoms with Crippen LogP contribution in [0.3, 0.4) is 0 Å². The molecule has 6 heteroatoms. The summed E-state index contributed by atoms with van der Waals surface area (Å²) in [6, 6.07) is 23.2. The predicted molar refractivity (Wildman–Crippen MR) is 121 cm³/mol. The van der Waals surface area contributed by atoms with Crippen LogP contribution in [0.4, 0.5) is 11.4 Å². The van der Waals surface area contributed by atoms with E-state index in [9.17, 15) is 4.79 Å². The maximum atomic E-state index is 13.5. The zero-order valence-corrected chi connectivity index (χ0v) is 17.7. The fourth-order valence-electron chi connectivity index (χ4n) is 3.69. The summed E-state index contributed by atoms with van der Waals surface area (Å²) in [5.74, 6) is 0.570. The summed E-state index contributed by atoms with van der Waals surface area (Å²) >= 11 is 0. The Morgan fingerprint density at radius 1 is 0.903 bits per heavy atom. The van der Waals surface area contributed by atoms with Gasteiger partial charge in [-0.05, 0) is 35.4 Å². The predicted octanol–water partition coefficient (Wildman–Crippen LogP) is 4.63. The molecule has 0 saturated heterocycles. The number of carbonyl (C=O) groups is 1. The number of benzene rings is 3. The van der Waals surface area contributed by atoms with Gasteiger partial charge in [0.2, 0.25) is 0 Å². The summed E-state index contributed by atoms with van der Waals surface area (Å²) in [5, 5.41) is 3.52. The van der Waals surface area contributed by atoms with Gasteiger partial charge in [0.1, 0.15) is 11.9 Å². The maximum Gasteiger partial charge on any atom is 0.262 e. The number of para-hydroxylation sites is 3. The molecule has 0 spiro atoms. The van der Waals surface area contributed by atoms with E-state index in [4.69, 9.17) is 14.2 Å². The van der Waals surface area contributed by atoms with Gasteiger partial charge in [-0.25, -0.2) is 0 Å². The van der Waals surface area contributed by atoms with E-state index in [1.54, 1.807) is 19.1 Å². The summed E-state index contributed by atoms with van der Waals surface area (Å²) < 4.78 is 16.2. The number of rotatable bonds is 8. The minimum absolute atomic E-state index is 0.0733. The van der Waals surface area contributed by atoms with Crippen molar-refractivity contribution in [1.29, 1.82) is 0 Å². The molecule has 4 rings (SSSR count). The van der Waals surface area contributed by atoms with E-state index < -0.39 is 0 Å². The van der Waals surface area contributed by atoms with Crippen LogP contribution in [0.25, 0.3) is 0 Å². The van der Waals surface area contributed by atoms with E-state index in [0.717, 1.165) is 16.8 Å². The molecule has 1 heterocycles. The standard InChI is InChI=1S/C25H26N2O4/c1-29-15-16-31-17-18-11-13-19(14-12-18)24-26-21-8-4-3-7-20(21)25(28)27(24)22-9-5-6-10-23(22)30-2/h3-14,24,26H,15-17H2,1-2H3. The molecular weight excluding hydrogens is 392 g/mol. The minimum atomic E-state index is -0.373. The number of nitrogens with one attached hydrogen (secondary N) is 1. The third-order valence-electron chi connectivity index (χ3n) is 5.27. The van der Waals surface area contributed by atoms with Crippen molar-refractivity contribution in [3.8, 4) is 5.75 Å². The summed E-state index contributed by atoms with van der Waals surface area (Å²) in [6.45, 7) is 1.63. The van der Waals surface area contributed by atoms with Crippen LogP contribution in [0.1, 0.15) is 27.7 Å². The number of amides is 1. The highest BCUT2D eigenvalue weighted by Crippen LogP contribution is 2.40. The molecule has 160 valence electrons. The molecule has 0 radical (unpaired) electrons. The van der Waals surface area contributed by atoms with Crippen molar-refractivity contribution in [3.05, 3.63) is 89.5 Å². The molecule has 1 amide bonds. The molecule has 3 aromatic rings. The Morgan fingerprint density at radius 3 is 2.42 bits per heavy atom. The molecule has 0 aromatic heterocycles. The lowest BCUT2D eigenvalue weighted by Gasteiger charge is -2.38. The highest BCUT2D eigenvalue weighted by molar-refractivity contribution is 6.12. The molecule has 31 heavy (non-hydrogen) atoms. The van der Waals surface area contributed by atoms with Gasteiger partial charge in [-0.1, -0.05) is 48.5 Å². The number of ether oxygens (including phenoxy) is 3. The van der Waals surface area contributed by atoms with Crippen LogP contribution in [-0.4, -0.2) is 33.3 Å². The Morgan fingerprint density at radius 2 is 1.65 bits per heavy atom. The fraction of sp³-hybridized carbons (Fsp3) is 0.240. The zero-order chi connectivity index (χ0) is 21.6. The van der Waals surface area contributed by atoms with Crippen LogP contribution in [0, 0.1) is 0 Å². The second-order valence-electron chi connectivity index (χ2n) is 7.23. The quantitative estimate of drug-likeness (QED) is 0.541. The van der Waals surface area contributed by atoms with Crippen LogP contribution in [0.2, 0.25) is 0 Å². The number of nitrogens with zero attached hydrogens (tertiary/aromatic N) is 1. The average molecular weight is 418 g/mol. The van der Waals surface area contributed by atoms with E-state index >= 15 is 0 Å². The number of hydrogen-bond donors (Lipinski definition) is 1. The Labute approximate surface area is 182 Å². The molecule has 1 unspecified atom stereocenters. The first-order valence-electron chi connectivity index (χ1n) is 10.2. The van der Waals surface area contributed by atoms with Crippen LogP contribution < -0.4 is 15.0 Å². The summed E-state index contributed by atoms with van der Waals surface area (Å²) in [6.07, 6.45) is -0.373. The van der Waals surface area contributed by atoms with E-state index in [-0.39, 0.29) is 12.1 Å². The minimum Gasteiger partial charge on any atom is -0.495 e. The molecule has 0 bridgehead atoms. The van der Waals surface area contributed by atoms with Crippen molar-refractivity contribution < 1.29 is 19.0 Å². The van der Waals surface area contributed by atoms with Crippen LogP contribution in [-0.2, 0) is 16.1 Å². The smallest absolute Gasteiger partial charge is 0.262 e. The van der Waals surface area contributed by atoms with Gasteiger partial charge < -0.3 is 19.5 Å². The average Bonchev–Trinajstić information content (AvgIpc) is 2.82. The fourth-order valence-corrected chi connectivity index (χ4v) is 3.69. The Hall–Kier alpha value is -3.35. The van der Waals surface area contributed by atoms with Crippen molar-refractivity contribution in [2.45, 2.75) is 12.8 Å². The largest absolute Gasteiger partial charge is 0.495 e. The van der Waals surface area contributed by atoms with Crippen molar-refractivity contribution in [2.24, 2.45) is 0 Å². The van der Waals surface area contributed by atoms with E-state index in [1.807, 2.05) is 72.8 Å². The van der Waals surface area contributed by atoms with Crippen LogP contribution in [0.15, 0.2) is 72.8 Å². The van der Waals surface area contributed by atoms with Crippen molar-refractivity contribution in [2.75, 3.05) is 37.7 Å². The first-order chi connectivity index (χ1) is 15.2. The zero-order valence-electron chi connectivity index (χ0n) is 17.7. The highest BCUT2D eigenvalue weighted by atomic mass is 16.5. The SMILES string of the molecule is COCCOCc1ccc(C2Nc3ccccc3C(=O)N2c2ccccc2OC)cc1. The van der Waals surface area contributed by atoms with Gasteiger partial charge in [-0.15, -0.1) is 0 Å².